The number of carbonyl (C=O) groups is 1. The fraction of sp³-hybridized carbons (Fsp3) is 0.450. The van der Waals surface area contributed by atoms with Gasteiger partial charge >= 0.3 is 0 Å². The van der Waals surface area contributed by atoms with E-state index in [1.807, 2.05) is 35.7 Å². The van der Waals surface area contributed by atoms with Crippen LogP contribution in [-0.2, 0) is 0 Å². The fourth-order valence-corrected chi connectivity index (χ4v) is 5.08. The van der Waals surface area contributed by atoms with Gasteiger partial charge in [0.15, 0.2) is 5.01 Å². The van der Waals surface area contributed by atoms with Gasteiger partial charge in [-0.3, -0.25) is 4.79 Å². The van der Waals surface area contributed by atoms with E-state index >= 15 is 0 Å². The number of thiazole rings is 1. The lowest BCUT2D eigenvalue weighted by molar-refractivity contribution is 0.0907. The standard InChI is InChI=1S/C20H24ClN5OS/c21-18-17(14-8-9-15-6-3-4-10-26(15)23-12-14)25-20(28-18)19(27)24-16-7-2-1-5-13(16)11-22/h3-4,6,9-10,12-14,16H,1-2,5,7-8,11,22H2,(H,24,27)/t13?,14?,16-/m1/s1. The summed E-state index contributed by atoms with van der Waals surface area (Å²) in [5.74, 6) is 0.124. The first-order valence-corrected chi connectivity index (χ1v) is 10.9. The molecule has 0 bridgehead atoms. The molecule has 8 heteroatoms. The number of fused-ring (bicyclic) bond motifs is 1. The summed E-state index contributed by atoms with van der Waals surface area (Å²) in [5.41, 5.74) is 7.62. The summed E-state index contributed by atoms with van der Waals surface area (Å²) in [6.07, 6.45) is 16.9. The third-order valence-electron chi connectivity index (χ3n) is 5.51. The molecule has 1 fully saturated rings. The molecule has 3 N–H and O–H groups in total. The van der Waals surface area contributed by atoms with Gasteiger partial charge in [-0.15, -0.1) is 0 Å². The van der Waals surface area contributed by atoms with Crippen molar-refractivity contribution in [2.75, 3.05) is 6.54 Å². The molecule has 1 aromatic heterocycles. The Morgan fingerprint density at radius 2 is 2.21 bits per heavy atom. The molecule has 3 aliphatic rings. The Balaban J connectivity index is 1.49. The molecule has 2 aliphatic heterocycles. The van der Waals surface area contributed by atoms with E-state index in [4.69, 9.17) is 17.3 Å². The number of nitrogens with one attached hydrogen (secondary N) is 1. The minimum absolute atomic E-state index is 0.0586. The number of hydrazone groups is 1. The van der Waals surface area contributed by atoms with Gasteiger partial charge in [0, 0.05) is 24.4 Å². The van der Waals surface area contributed by atoms with Gasteiger partial charge in [0.1, 0.15) is 4.34 Å². The summed E-state index contributed by atoms with van der Waals surface area (Å²) >= 11 is 7.69. The highest BCUT2D eigenvalue weighted by Gasteiger charge is 2.28. The van der Waals surface area contributed by atoms with E-state index in [2.05, 4.69) is 21.5 Å². The molecule has 28 heavy (non-hydrogen) atoms. The molecule has 1 amide bonds. The first kappa shape index (κ1) is 19.4. The highest BCUT2D eigenvalue weighted by atomic mass is 35.5. The average Bonchev–Trinajstić information content (AvgIpc) is 2.98. The molecule has 2 unspecified atom stereocenters. The van der Waals surface area contributed by atoms with Crippen molar-refractivity contribution in [3.63, 3.8) is 0 Å². The summed E-state index contributed by atoms with van der Waals surface area (Å²) in [4.78, 5) is 17.3. The predicted octanol–water partition coefficient (Wildman–Crippen LogP) is 3.79. The van der Waals surface area contributed by atoms with Crippen LogP contribution in [0.2, 0.25) is 4.34 Å². The summed E-state index contributed by atoms with van der Waals surface area (Å²) < 4.78 is 0.546. The molecule has 3 heterocycles. The minimum Gasteiger partial charge on any atom is -0.347 e. The van der Waals surface area contributed by atoms with Crippen molar-refractivity contribution in [2.45, 2.75) is 44.1 Å². The fourth-order valence-electron chi connectivity index (χ4n) is 3.91. The predicted molar refractivity (Wildman–Crippen MR) is 113 cm³/mol. The molecule has 6 nitrogen and oxygen atoms in total. The zero-order valence-corrected chi connectivity index (χ0v) is 17.1. The van der Waals surface area contributed by atoms with Crippen LogP contribution in [0.3, 0.4) is 0 Å². The first-order valence-electron chi connectivity index (χ1n) is 9.71. The van der Waals surface area contributed by atoms with Crippen molar-refractivity contribution < 1.29 is 4.79 Å². The van der Waals surface area contributed by atoms with Gasteiger partial charge in [0.2, 0.25) is 0 Å². The van der Waals surface area contributed by atoms with Crippen LogP contribution in [-0.4, -0.2) is 34.7 Å². The number of nitrogens with two attached hydrogens (primary N) is 1. The summed E-state index contributed by atoms with van der Waals surface area (Å²) in [5, 5.41) is 9.87. The van der Waals surface area contributed by atoms with Gasteiger partial charge in [-0.1, -0.05) is 47.9 Å². The molecule has 0 aromatic carbocycles. The Hall–Kier alpha value is -1.96. The molecule has 0 saturated heterocycles. The van der Waals surface area contributed by atoms with Crippen LogP contribution >= 0.6 is 22.9 Å². The maximum Gasteiger partial charge on any atom is 0.280 e. The minimum atomic E-state index is -0.157. The number of hydrogen-bond donors (Lipinski definition) is 2. The van der Waals surface area contributed by atoms with Crippen LogP contribution in [0.15, 0.2) is 41.3 Å². The Bertz CT molecular complexity index is 859. The molecule has 1 aromatic rings. The van der Waals surface area contributed by atoms with Crippen molar-refractivity contribution in [1.29, 1.82) is 0 Å². The van der Waals surface area contributed by atoms with Crippen LogP contribution in [0.25, 0.3) is 0 Å². The highest BCUT2D eigenvalue weighted by Crippen LogP contribution is 2.33. The van der Waals surface area contributed by atoms with Crippen LogP contribution in [0, 0.1) is 5.92 Å². The van der Waals surface area contributed by atoms with E-state index < -0.39 is 0 Å². The van der Waals surface area contributed by atoms with Gasteiger partial charge in [-0.25, -0.2) is 9.99 Å². The number of rotatable bonds is 4. The second-order valence-corrected chi connectivity index (χ2v) is 8.92. The van der Waals surface area contributed by atoms with Crippen LogP contribution in [0.5, 0.6) is 0 Å². The van der Waals surface area contributed by atoms with Crippen molar-refractivity contribution in [3.8, 4) is 0 Å². The van der Waals surface area contributed by atoms with Crippen molar-refractivity contribution >= 4 is 35.1 Å². The molecular weight excluding hydrogens is 394 g/mol. The lowest BCUT2D eigenvalue weighted by Gasteiger charge is -2.30. The third kappa shape index (κ3) is 4.06. The van der Waals surface area contributed by atoms with Crippen LogP contribution in [0.4, 0.5) is 0 Å². The van der Waals surface area contributed by atoms with Gasteiger partial charge in [-0.2, -0.15) is 5.10 Å². The normalized spacial score (nSPS) is 26.6. The van der Waals surface area contributed by atoms with E-state index in [9.17, 15) is 4.79 Å². The van der Waals surface area contributed by atoms with E-state index in [1.54, 1.807) is 0 Å². The number of amides is 1. The largest absolute Gasteiger partial charge is 0.347 e. The van der Waals surface area contributed by atoms with E-state index in [0.29, 0.717) is 27.5 Å². The second-order valence-electron chi connectivity index (χ2n) is 7.32. The molecule has 1 aliphatic carbocycles. The number of nitrogens with zero attached hydrogens (tertiary/aromatic N) is 3. The Morgan fingerprint density at radius 1 is 1.36 bits per heavy atom. The van der Waals surface area contributed by atoms with E-state index in [-0.39, 0.29) is 17.9 Å². The summed E-state index contributed by atoms with van der Waals surface area (Å²) in [6.45, 7) is 0.599. The Labute approximate surface area is 173 Å². The lowest BCUT2D eigenvalue weighted by atomic mass is 9.84. The summed E-state index contributed by atoms with van der Waals surface area (Å²) in [7, 11) is 0. The zero-order valence-electron chi connectivity index (χ0n) is 15.6. The molecule has 3 atom stereocenters. The number of hydrogen-bond acceptors (Lipinski definition) is 6. The molecule has 0 radical (unpaired) electrons. The third-order valence-corrected chi connectivity index (χ3v) is 6.79. The van der Waals surface area contributed by atoms with Crippen molar-refractivity contribution in [3.05, 3.63) is 51.2 Å². The quantitative estimate of drug-likeness (QED) is 0.780. The average molecular weight is 418 g/mol. The lowest BCUT2D eigenvalue weighted by Crippen LogP contribution is -2.44. The topological polar surface area (TPSA) is 83.6 Å². The molecule has 0 spiro atoms. The number of carbonyl (C=O) groups excluding carboxylic acids is 1. The monoisotopic (exact) mass is 417 g/mol. The van der Waals surface area contributed by atoms with Gasteiger partial charge < -0.3 is 11.1 Å². The molecule has 4 rings (SSSR count). The highest BCUT2D eigenvalue weighted by molar-refractivity contribution is 7.17. The maximum atomic E-state index is 12.8. The van der Waals surface area contributed by atoms with Gasteiger partial charge in [0.05, 0.1) is 11.4 Å². The first-order chi connectivity index (χ1) is 13.7. The van der Waals surface area contributed by atoms with Crippen molar-refractivity contribution in [2.24, 2.45) is 16.8 Å². The molecule has 1 saturated carbocycles. The Kier molecular flexibility index (Phi) is 5.94. The number of aromatic nitrogens is 1. The SMILES string of the molecule is NCC1CCCC[C@H]1NC(=O)c1nc(C2C=NN3C=CC=CC3=CC2)c(Cl)s1. The van der Waals surface area contributed by atoms with Gasteiger partial charge in [-0.05, 0) is 43.9 Å². The van der Waals surface area contributed by atoms with Crippen LogP contribution < -0.4 is 11.1 Å². The molecule has 148 valence electrons. The maximum absolute atomic E-state index is 12.8. The summed E-state index contributed by atoms with van der Waals surface area (Å²) in [6, 6.07) is 0.121. The van der Waals surface area contributed by atoms with E-state index in [0.717, 1.165) is 31.4 Å². The van der Waals surface area contributed by atoms with E-state index in [1.165, 1.54) is 17.8 Å². The van der Waals surface area contributed by atoms with Crippen molar-refractivity contribution in [1.82, 2.24) is 15.3 Å². The zero-order chi connectivity index (χ0) is 19.5. The smallest absolute Gasteiger partial charge is 0.280 e. The number of halogens is 1. The Morgan fingerprint density at radius 3 is 3.07 bits per heavy atom. The van der Waals surface area contributed by atoms with Gasteiger partial charge in [0.25, 0.3) is 5.91 Å². The van der Waals surface area contributed by atoms with Crippen LogP contribution in [0.1, 0.15) is 53.5 Å². The number of allylic oxidation sites excluding steroid dienone is 4. The molecular formula is C20H24ClN5OS. The second kappa shape index (κ2) is 8.59.